The van der Waals surface area contributed by atoms with Gasteiger partial charge in [0.25, 0.3) is 6.43 Å². The fourth-order valence-electron chi connectivity index (χ4n) is 0.727. The number of alkyl halides is 2. The smallest absolute Gasteiger partial charge is 0.360 e. The number of aromatic nitrogens is 3. The Morgan fingerprint density at radius 2 is 2.46 bits per heavy atom. The van der Waals surface area contributed by atoms with Crippen LogP contribution in [-0.4, -0.2) is 34.5 Å². The van der Waals surface area contributed by atoms with E-state index in [2.05, 4.69) is 15.0 Å². The molecule has 1 aromatic rings. The molecular formula is C6H7F2N3O2. The van der Waals surface area contributed by atoms with Crippen LogP contribution in [0.1, 0.15) is 10.5 Å². The first-order valence-corrected chi connectivity index (χ1v) is 3.40. The molecule has 5 nitrogen and oxygen atoms in total. The summed E-state index contributed by atoms with van der Waals surface area (Å²) >= 11 is 0. The summed E-state index contributed by atoms with van der Waals surface area (Å²) in [6.07, 6.45) is -1.41. The first kappa shape index (κ1) is 9.56. The van der Waals surface area contributed by atoms with Crippen LogP contribution in [-0.2, 0) is 11.3 Å². The predicted molar refractivity (Wildman–Crippen MR) is 37.4 cm³/mol. The topological polar surface area (TPSA) is 57.0 Å². The maximum atomic E-state index is 11.8. The van der Waals surface area contributed by atoms with E-state index in [1.807, 2.05) is 0 Å². The Kier molecular flexibility index (Phi) is 2.88. The van der Waals surface area contributed by atoms with Crippen LogP contribution in [0.2, 0.25) is 0 Å². The zero-order valence-electron chi connectivity index (χ0n) is 6.78. The quantitative estimate of drug-likeness (QED) is 0.646. The largest absolute Gasteiger partial charge is 0.464 e. The molecule has 72 valence electrons. The highest BCUT2D eigenvalue weighted by Gasteiger charge is 2.12. The van der Waals surface area contributed by atoms with Crippen LogP contribution in [0.4, 0.5) is 8.78 Å². The minimum Gasteiger partial charge on any atom is -0.464 e. The lowest BCUT2D eigenvalue weighted by molar-refractivity contribution is 0.0593. The third kappa shape index (κ3) is 2.46. The second-order valence-electron chi connectivity index (χ2n) is 2.21. The molecule has 0 aliphatic rings. The molecule has 1 heterocycles. The minimum atomic E-state index is -2.52. The van der Waals surface area contributed by atoms with Crippen molar-refractivity contribution in [1.29, 1.82) is 0 Å². The van der Waals surface area contributed by atoms with Crippen molar-refractivity contribution in [3.8, 4) is 0 Å². The van der Waals surface area contributed by atoms with E-state index in [4.69, 9.17) is 0 Å². The fourth-order valence-corrected chi connectivity index (χ4v) is 0.727. The van der Waals surface area contributed by atoms with Crippen molar-refractivity contribution in [3.05, 3.63) is 11.9 Å². The number of hydrogen-bond acceptors (Lipinski definition) is 4. The lowest BCUT2D eigenvalue weighted by atomic mass is 10.5. The van der Waals surface area contributed by atoms with Crippen molar-refractivity contribution in [1.82, 2.24) is 15.0 Å². The molecule has 0 N–H and O–H groups in total. The van der Waals surface area contributed by atoms with Gasteiger partial charge in [-0.2, -0.15) is 0 Å². The third-order valence-corrected chi connectivity index (χ3v) is 1.26. The first-order valence-electron chi connectivity index (χ1n) is 3.40. The molecule has 0 saturated carbocycles. The van der Waals surface area contributed by atoms with Gasteiger partial charge in [0.1, 0.15) is 6.54 Å². The molecule has 0 fully saturated rings. The summed E-state index contributed by atoms with van der Waals surface area (Å²) in [5, 5.41) is 6.66. The molecule has 0 spiro atoms. The number of carbonyl (C=O) groups excluding carboxylic acids is 1. The zero-order valence-corrected chi connectivity index (χ0v) is 6.78. The Hall–Kier alpha value is -1.53. The Morgan fingerprint density at radius 1 is 1.77 bits per heavy atom. The maximum Gasteiger partial charge on any atom is 0.360 e. The van der Waals surface area contributed by atoms with Crippen molar-refractivity contribution < 1.29 is 18.3 Å². The molecular weight excluding hydrogens is 184 g/mol. The summed E-state index contributed by atoms with van der Waals surface area (Å²) in [5.74, 6) is -0.694. The summed E-state index contributed by atoms with van der Waals surface area (Å²) in [6.45, 7) is -0.579. The molecule has 0 atom stereocenters. The van der Waals surface area contributed by atoms with E-state index in [1.165, 1.54) is 7.11 Å². The van der Waals surface area contributed by atoms with Crippen molar-refractivity contribution in [2.24, 2.45) is 0 Å². The lowest BCUT2D eigenvalue weighted by Gasteiger charge is -1.95. The van der Waals surface area contributed by atoms with E-state index in [-0.39, 0.29) is 5.69 Å². The molecule has 0 amide bonds. The van der Waals surface area contributed by atoms with Gasteiger partial charge in [-0.15, -0.1) is 5.10 Å². The molecule has 0 radical (unpaired) electrons. The van der Waals surface area contributed by atoms with Gasteiger partial charge in [0.15, 0.2) is 5.69 Å². The average Bonchev–Trinajstić information content (AvgIpc) is 2.50. The fraction of sp³-hybridized carbons (Fsp3) is 0.500. The van der Waals surface area contributed by atoms with Crippen LogP contribution in [0.25, 0.3) is 0 Å². The summed E-state index contributed by atoms with van der Waals surface area (Å²) in [7, 11) is 1.18. The van der Waals surface area contributed by atoms with Gasteiger partial charge in [0.2, 0.25) is 0 Å². The highest BCUT2D eigenvalue weighted by atomic mass is 19.3. The van der Waals surface area contributed by atoms with E-state index in [1.54, 1.807) is 0 Å². The molecule has 0 aromatic carbocycles. The number of ether oxygens (including phenoxy) is 1. The SMILES string of the molecule is COC(=O)c1cn(CC(F)F)nn1. The van der Waals surface area contributed by atoms with Gasteiger partial charge in [-0.3, -0.25) is 0 Å². The monoisotopic (exact) mass is 191 g/mol. The van der Waals surface area contributed by atoms with E-state index in [0.29, 0.717) is 0 Å². The van der Waals surface area contributed by atoms with Gasteiger partial charge in [-0.25, -0.2) is 18.3 Å². The van der Waals surface area contributed by atoms with Crippen LogP contribution >= 0.6 is 0 Å². The second kappa shape index (κ2) is 3.92. The Bertz CT molecular complexity index is 300. The Morgan fingerprint density at radius 3 is 3.00 bits per heavy atom. The average molecular weight is 191 g/mol. The van der Waals surface area contributed by atoms with Gasteiger partial charge in [-0.05, 0) is 0 Å². The van der Waals surface area contributed by atoms with E-state index >= 15 is 0 Å². The Labute approximate surface area is 72.3 Å². The van der Waals surface area contributed by atoms with E-state index in [0.717, 1.165) is 10.9 Å². The van der Waals surface area contributed by atoms with Crippen molar-refractivity contribution in [2.75, 3.05) is 7.11 Å². The number of nitrogens with zero attached hydrogens (tertiary/aromatic N) is 3. The number of hydrogen-bond donors (Lipinski definition) is 0. The molecule has 13 heavy (non-hydrogen) atoms. The van der Waals surface area contributed by atoms with Crippen molar-refractivity contribution in [3.63, 3.8) is 0 Å². The van der Waals surface area contributed by atoms with Gasteiger partial charge in [-0.1, -0.05) is 5.21 Å². The van der Waals surface area contributed by atoms with Crippen LogP contribution < -0.4 is 0 Å². The summed E-state index contributed by atoms with van der Waals surface area (Å²) in [6, 6.07) is 0. The van der Waals surface area contributed by atoms with Gasteiger partial charge >= 0.3 is 5.97 Å². The molecule has 0 unspecified atom stereocenters. The number of rotatable bonds is 3. The molecule has 1 rings (SSSR count). The second-order valence-corrected chi connectivity index (χ2v) is 2.21. The van der Waals surface area contributed by atoms with Crippen molar-refractivity contribution >= 4 is 5.97 Å². The van der Waals surface area contributed by atoms with Crippen molar-refractivity contribution in [2.45, 2.75) is 13.0 Å². The third-order valence-electron chi connectivity index (χ3n) is 1.26. The first-order chi connectivity index (χ1) is 6.13. The highest BCUT2D eigenvalue weighted by Crippen LogP contribution is 1.99. The lowest BCUT2D eigenvalue weighted by Crippen LogP contribution is -2.07. The number of methoxy groups -OCH3 is 1. The maximum absolute atomic E-state index is 11.8. The van der Waals surface area contributed by atoms with Crippen LogP contribution in [0.15, 0.2) is 6.20 Å². The number of esters is 1. The normalized spacial score (nSPS) is 10.5. The minimum absolute atomic E-state index is 0.0804. The van der Waals surface area contributed by atoms with Crippen LogP contribution in [0.5, 0.6) is 0 Å². The van der Waals surface area contributed by atoms with Gasteiger partial charge in [0, 0.05) is 0 Å². The molecule has 7 heteroatoms. The number of halogens is 2. The molecule has 0 saturated heterocycles. The standard InChI is InChI=1S/C6H7F2N3O2/c1-13-6(12)4-2-11(10-9-4)3-5(7)8/h2,5H,3H2,1H3. The van der Waals surface area contributed by atoms with E-state index < -0.39 is 18.9 Å². The molecule has 1 aromatic heterocycles. The summed E-state index contributed by atoms with van der Waals surface area (Å²) in [5.41, 5.74) is -0.0804. The highest BCUT2D eigenvalue weighted by molar-refractivity contribution is 5.86. The van der Waals surface area contributed by atoms with Crippen LogP contribution in [0.3, 0.4) is 0 Å². The summed E-state index contributed by atoms with van der Waals surface area (Å²) < 4.78 is 28.8. The molecule has 0 bridgehead atoms. The summed E-state index contributed by atoms with van der Waals surface area (Å²) in [4.78, 5) is 10.8. The molecule has 0 aliphatic carbocycles. The molecule has 0 aliphatic heterocycles. The van der Waals surface area contributed by atoms with Gasteiger partial charge < -0.3 is 4.74 Å². The van der Waals surface area contributed by atoms with Crippen LogP contribution in [0, 0.1) is 0 Å². The van der Waals surface area contributed by atoms with E-state index in [9.17, 15) is 13.6 Å². The van der Waals surface area contributed by atoms with Gasteiger partial charge in [0.05, 0.1) is 13.3 Å². The Balaban J connectivity index is 2.69. The predicted octanol–water partition coefficient (Wildman–Crippen LogP) is 0.330. The zero-order chi connectivity index (χ0) is 9.84. The number of carbonyl (C=O) groups is 1.